The van der Waals surface area contributed by atoms with Gasteiger partial charge in [0.25, 0.3) is 29.5 Å². The van der Waals surface area contributed by atoms with Gasteiger partial charge in [0.15, 0.2) is 29.5 Å². The van der Waals surface area contributed by atoms with E-state index in [4.69, 9.17) is 53.1 Å². The van der Waals surface area contributed by atoms with Crippen molar-refractivity contribution in [3.8, 4) is 28.7 Å². The molecule has 0 saturated carbocycles. The van der Waals surface area contributed by atoms with Crippen LogP contribution in [0.4, 0.5) is 11.4 Å². The Morgan fingerprint density at radius 1 is 0.705 bits per heavy atom. The predicted molar refractivity (Wildman–Crippen MR) is 363 cm³/mol. The van der Waals surface area contributed by atoms with Crippen LogP contribution >= 0.6 is 11.6 Å². The third kappa shape index (κ3) is 16.8. The molecule has 11 rings (SSSR count). The standard InChI is InChI=1S/C68H74ClN9O26S/c1-67(2,31-78-49(79)17-18-50(78)80)32-98-33-68(3,4)47-30-76(73-72-47)20-22-97-21-19-74(5)61(88)35-9-15-44(100-66-57(86)53(82)55(84)59(102-66)64(92)93)46(23-35)104-105(94,95)103-45-25-43-51(41-24-39(96-6)13-14-40(41)45)36(26-69)27-77(43)62(89)42-29-75-28-37(10-16-48(75)71-42)70-60(87)34-7-11-38(12-8-34)99-65-56(85)52(81)54(83)58(101-65)63(90)91/h7-18,23-25,28-30,36,52-59,65-66,81-86H,19-22,26-27,31-33H2,1-6H3,(H,70,87)(H,90,91)(H,92,93)/t36-,52+,53+,54+,55+,56-,57-,58?,59+,65-,66-/m1/s1. The number of nitrogens with zero attached hydrogens (tertiary/aromatic N) is 8. The highest BCUT2D eigenvalue weighted by atomic mass is 35.5. The summed E-state index contributed by atoms with van der Waals surface area (Å²) in [5, 5.41) is 93.5. The van der Waals surface area contributed by atoms with Crippen molar-refractivity contribution in [1.29, 1.82) is 0 Å². The molecule has 7 aromatic rings. The normalized spacial score (nSPS) is 22.6. The Morgan fingerprint density at radius 3 is 1.99 bits per heavy atom. The molecule has 11 atom stereocenters. The number of imidazole rings is 1. The molecule has 1 unspecified atom stereocenters. The van der Waals surface area contributed by atoms with Gasteiger partial charge in [-0.25, -0.2) is 19.3 Å². The zero-order valence-corrected chi connectivity index (χ0v) is 58.5. The molecule has 0 bridgehead atoms. The summed E-state index contributed by atoms with van der Waals surface area (Å²) in [6.07, 6.45) is -12.9. The van der Waals surface area contributed by atoms with Crippen LogP contribution in [-0.2, 0) is 60.5 Å². The molecule has 105 heavy (non-hydrogen) atoms. The molecule has 0 spiro atoms. The van der Waals surface area contributed by atoms with Crippen molar-refractivity contribution in [3.63, 3.8) is 0 Å². The quantitative estimate of drug-likeness (QED) is 0.0183. The third-order valence-corrected chi connectivity index (χ3v) is 18.8. The van der Waals surface area contributed by atoms with E-state index in [9.17, 15) is 82.8 Å². The zero-order valence-electron chi connectivity index (χ0n) is 56.9. The second-order valence-electron chi connectivity index (χ2n) is 26.6. The zero-order chi connectivity index (χ0) is 75.7. The molecule has 0 radical (unpaired) electrons. The van der Waals surface area contributed by atoms with E-state index in [1.807, 2.05) is 27.7 Å². The molecule has 9 N–H and O–H groups in total. The van der Waals surface area contributed by atoms with Crippen LogP contribution in [0.1, 0.15) is 76.1 Å². The Labute approximate surface area is 602 Å². The first-order valence-electron chi connectivity index (χ1n) is 32.5. The summed E-state index contributed by atoms with van der Waals surface area (Å²) in [7, 11) is -2.61. The monoisotopic (exact) mass is 1500 g/mol. The number of aliphatic carboxylic acids is 2. The molecule has 4 aromatic carbocycles. The van der Waals surface area contributed by atoms with Gasteiger partial charge >= 0.3 is 22.3 Å². The van der Waals surface area contributed by atoms with E-state index in [0.29, 0.717) is 22.4 Å². The van der Waals surface area contributed by atoms with E-state index in [1.165, 1.54) is 118 Å². The van der Waals surface area contributed by atoms with Gasteiger partial charge in [-0.05, 0) is 83.7 Å². The Kier molecular flexibility index (Phi) is 22.5. The number of pyridine rings is 1. The predicted octanol–water partition coefficient (Wildman–Crippen LogP) is 1.60. The first kappa shape index (κ1) is 76.2. The number of carbonyl (C=O) groups excluding carboxylic acids is 5. The molecule has 7 heterocycles. The van der Waals surface area contributed by atoms with E-state index in [0.717, 1.165) is 12.1 Å². The topological polar surface area (TPSA) is 468 Å². The van der Waals surface area contributed by atoms with Crippen molar-refractivity contribution in [2.75, 3.05) is 76.3 Å². The molecule has 3 aromatic heterocycles. The Balaban J connectivity index is 0.779. The molecule has 2 saturated heterocycles. The average molecular weight is 1500 g/mol. The number of hydrogen-bond donors (Lipinski definition) is 9. The number of amides is 5. The fourth-order valence-electron chi connectivity index (χ4n) is 12.0. The molecular formula is C68H74ClN9O26S. The van der Waals surface area contributed by atoms with Gasteiger partial charge in [-0.2, -0.15) is 0 Å². The van der Waals surface area contributed by atoms with Gasteiger partial charge in [0, 0.05) is 103 Å². The van der Waals surface area contributed by atoms with Gasteiger partial charge < -0.3 is 102 Å². The van der Waals surface area contributed by atoms with Crippen LogP contribution in [0.2, 0.25) is 0 Å². The maximum Gasteiger partial charge on any atom is 0.501 e. The number of alkyl halides is 1. The van der Waals surface area contributed by atoms with Crippen molar-refractivity contribution >= 4 is 91.3 Å². The van der Waals surface area contributed by atoms with E-state index in [-0.39, 0.29) is 115 Å². The molecule has 560 valence electrons. The number of benzene rings is 4. The minimum atomic E-state index is -5.44. The van der Waals surface area contributed by atoms with E-state index in [1.54, 1.807) is 16.9 Å². The average Bonchev–Trinajstić information content (AvgIpc) is 1.62. The number of rotatable bonds is 29. The number of likely N-dealkylation sites (N-methyl/N-ethyl adjacent to an activating group) is 1. The smallest absolute Gasteiger partial charge is 0.497 e. The van der Waals surface area contributed by atoms with E-state index < -0.39 is 135 Å². The van der Waals surface area contributed by atoms with Crippen molar-refractivity contribution in [2.24, 2.45) is 5.41 Å². The molecule has 5 amide bonds. The maximum atomic E-state index is 14.8. The lowest BCUT2D eigenvalue weighted by atomic mass is 9.90. The van der Waals surface area contributed by atoms with E-state index >= 15 is 0 Å². The van der Waals surface area contributed by atoms with Crippen LogP contribution in [0.15, 0.2) is 110 Å². The van der Waals surface area contributed by atoms with Crippen LogP contribution in [0, 0.1) is 5.41 Å². The fourth-order valence-corrected chi connectivity index (χ4v) is 13.0. The molecule has 4 aliphatic heterocycles. The minimum Gasteiger partial charge on any atom is -0.497 e. The van der Waals surface area contributed by atoms with Crippen LogP contribution < -0.4 is 32.8 Å². The maximum absolute atomic E-state index is 14.8. The van der Waals surface area contributed by atoms with Crippen molar-refractivity contribution in [2.45, 2.75) is 107 Å². The SMILES string of the molecule is COc1ccc2c(OS(=O)(=O)Oc3cc(C(=O)N(C)CCOCCn4cc(C(C)(C)COCC(C)(C)CN5C(=O)C=CC5=O)nn4)ccc3O[C@@H]3O[C@H](C(=O)O)[C@@H](O)[C@H](O)[C@H]3O)cc3c(c2c1)[C@H](CCl)CN3C(=O)c1cn2cc(NC(=O)c3ccc(O[C@@H]4OC(C(=O)O)[C@@H](O)[C@H](O)[C@H]4O)cc3)ccc2n1. The van der Waals surface area contributed by atoms with Gasteiger partial charge in [-0.1, -0.05) is 32.9 Å². The number of fused-ring (bicyclic) bond motifs is 4. The number of carboxylic acid groups (broad SMARTS) is 2. The second-order valence-corrected chi connectivity index (χ2v) is 28.0. The molecule has 35 nitrogen and oxygen atoms in total. The Hall–Kier alpha value is -9.96. The first-order valence-corrected chi connectivity index (χ1v) is 34.3. The van der Waals surface area contributed by atoms with Crippen LogP contribution in [-0.4, -0.2) is 252 Å². The van der Waals surface area contributed by atoms with Crippen molar-refractivity contribution in [1.82, 2.24) is 34.2 Å². The molecule has 4 aliphatic rings. The van der Waals surface area contributed by atoms with Gasteiger partial charge in [0.2, 0.25) is 12.6 Å². The lowest BCUT2D eigenvalue weighted by molar-refractivity contribution is -0.271. The number of aromatic nitrogens is 5. The number of methoxy groups -OCH3 is 1. The molecule has 0 aliphatic carbocycles. The number of aliphatic hydroxyl groups is 6. The number of carbonyl (C=O) groups is 7. The van der Waals surface area contributed by atoms with Gasteiger partial charge in [-0.15, -0.1) is 25.1 Å². The molecular weight excluding hydrogens is 1430 g/mol. The highest BCUT2D eigenvalue weighted by Gasteiger charge is 2.50. The fraction of sp³-hybridized carbons (Fsp3) is 0.412. The summed E-state index contributed by atoms with van der Waals surface area (Å²) in [5.41, 5.74) is 0.403. The summed E-state index contributed by atoms with van der Waals surface area (Å²) in [4.78, 5) is 98.6. The highest BCUT2D eigenvalue weighted by Crippen LogP contribution is 2.48. The summed E-state index contributed by atoms with van der Waals surface area (Å²) in [6.45, 7) is 8.61. The first-order chi connectivity index (χ1) is 49.7. The second kappa shape index (κ2) is 31.0. The van der Waals surface area contributed by atoms with Crippen LogP contribution in [0.3, 0.4) is 0 Å². The van der Waals surface area contributed by atoms with Crippen molar-refractivity contribution in [3.05, 3.63) is 138 Å². The van der Waals surface area contributed by atoms with Crippen LogP contribution in [0.25, 0.3) is 16.4 Å². The Bertz CT molecular complexity index is 4610. The van der Waals surface area contributed by atoms with Crippen LogP contribution in [0.5, 0.6) is 28.7 Å². The van der Waals surface area contributed by atoms with Crippen molar-refractivity contribution < 1.29 is 124 Å². The number of hydrogen-bond acceptors (Lipinski definition) is 27. The summed E-state index contributed by atoms with van der Waals surface area (Å²) in [5.74, 6) is -8.22. The number of nitrogens with one attached hydrogen (secondary N) is 1. The largest absolute Gasteiger partial charge is 0.501 e. The number of carboxylic acids is 2. The number of halogens is 1. The van der Waals surface area contributed by atoms with Gasteiger partial charge in [0.1, 0.15) is 59.5 Å². The summed E-state index contributed by atoms with van der Waals surface area (Å²) in [6, 6.07) is 17.4. The lowest BCUT2D eigenvalue weighted by Crippen LogP contribution is -2.61. The lowest BCUT2D eigenvalue weighted by Gasteiger charge is -2.38. The summed E-state index contributed by atoms with van der Waals surface area (Å²) < 4.78 is 82.8. The number of ether oxygens (including phenoxy) is 7. The minimum absolute atomic E-state index is 0.00214. The highest BCUT2D eigenvalue weighted by molar-refractivity contribution is 7.82. The van der Waals surface area contributed by atoms with Gasteiger partial charge in [0.05, 0.1) is 57.2 Å². The number of anilines is 2. The van der Waals surface area contributed by atoms with E-state index in [2.05, 4.69) is 20.6 Å². The molecule has 2 fully saturated rings. The summed E-state index contributed by atoms with van der Waals surface area (Å²) >= 11 is 6.63. The molecule has 37 heteroatoms. The number of imide groups is 1. The Morgan fingerprint density at radius 2 is 1.34 bits per heavy atom. The van der Waals surface area contributed by atoms with Gasteiger partial charge in [-0.3, -0.25) is 28.9 Å². The number of aliphatic hydroxyl groups excluding tert-OH is 6. The third-order valence-electron chi connectivity index (χ3n) is 17.7.